The van der Waals surface area contributed by atoms with Crippen LogP contribution in [-0.2, 0) is 0 Å². The van der Waals surface area contributed by atoms with Gasteiger partial charge in [-0.3, -0.25) is 4.98 Å². The van der Waals surface area contributed by atoms with Gasteiger partial charge in [0.05, 0.1) is 46.2 Å². The van der Waals surface area contributed by atoms with E-state index in [4.69, 9.17) is 4.98 Å². The third-order valence-electron chi connectivity index (χ3n) is 11.0. The third kappa shape index (κ3) is 5.04. The average Bonchev–Trinajstić information content (AvgIpc) is 3.80. The Balaban J connectivity index is 1.27. The SMILES string of the molecule is c1ccc(B2c3c(c4ccccc4n3-c3ccccc3)N(c3cccc(-c4cncc(-c5ccccc5)n4)c3)c3c2n(-c2ccccc2)c2ccccc32)cc1. The molecule has 10 aromatic rings. The number of nitrogens with zero attached hydrogens (tertiary/aromatic N) is 5. The highest BCUT2D eigenvalue weighted by molar-refractivity contribution is 6.98. The number of benzene rings is 7. The molecule has 6 heteroatoms. The maximum absolute atomic E-state index is 5.14. The first-order valence-electron chi connectivity index (χ1n) is 19.0. The van der Waals surface area contributed by atoms with Crippen LogP contribution in [0.25, 0.3) is 55.7 Å². The van der Waals surface area contributed by atoms with Gasteiger partial charge in [-0.05, 0) is 48.5 Å². The van der Waals surface area contributed by atoms with Gasteiger partial charge in [0, 0.05) is 50.1 Å². The molecule has 56 heavy (non-hydrogen) atoms. The van der Waals surface area contributed by atoms with Crippen molar-refractivity contribution in [3.8, 4) is 33.9 Å². The van der Waals surface area contributed by atoms with E-state index in [9.17, 15) is 0 Å². The molecular formula is C50H34BN5. The molecule has 7 aromatic carbocycles. The fourth-order valence-electron chi connectivity index (χ4n) is 8.72. The van der Waals surface area contributed by atoms with Gasteiger partial charge in [-0.25, -0.2) is 4.98 Å². The number of fused-ring (bicyclic) bond motifs is 6. The van der Waals surface area contributed by atoms with Crippen LogP contribution in [0.2, 0.25) is 0 Å². The molecule has 0 bridgehead atoms. The van der Waals surface area contributed by atoms with Crippen molar-refractivity contribution in [1.82, 2.24) is 19.1 Å². The van der Waals surface area contributed by atoms with Gasteiger partial charge in [0.15, 0.2) is 0 Å². The van der Waals surface area contributed by atoms with Crippen LogP contribution >= 0.6 is 0 Å². The van der Waals surface area contributed by atoms with Crippen molar-refractivity contribution in [2.24, 2.45) is 0 Å². The fourth-order valence-corrected chi connectivity index (χ4v) is 8.72. The molecule has 0 saturated heterocycles. The molecular weight excluding hydrogens is 681 g/mol. The molecule has 1 aliphatic rings. The Morgan fingerprint density at radius 3 is 1.41 bits per heavy atom. The first-order valence-corrected chi connectivity index (χ1v) is 19.0. The van der Waals surface area contributed by atoms with Crippen LogP contribution in [0, 0.1) is 0 Å². The second kappa shape index (κ2) is 13.1. The molecule has 0 atom stereocenters. The lowest BCUT2D eigenvalue weighted by Gasteiger charge is -2.35. The van der Waals surface area contributed by atoms with E-state index in [1.807, 2.05) is 30.6 Å². The van der Waals surface area contributed by atoms with Crippen molar-refractivity contribution in [3.63, 3.8) is 0 Å². The van der Waals surface area contributed by atoms with E-state index in [2.05, 4.69) is 195 Å². The maximum Gasteiger partial charge on any atom is 0.289 e. The number of hydrogen-bond donors (Lipinski definition) is 0. The molecule has 0 spiro atoms. The predicted molar refractivity (Wildman–Crippen MR) is 232 cm³/mol. The van der Waals surface area contributed by atoms with E-state index in [0.29, 0.717) is 0 Å². The molecule has 11 rings (SSSR count). The van der Waals surface area contributed by atoms with Crippen molar-refractivity contribution in [3.05, 3.63) is 207 Å². The number of para-hydroxylation sites is 4. The first-order chi connectivity index (χ1) is 27.8. The van der Waals surface area contributed by atoms with Crippen molar-refractivity contribution in [1.29, 1.82) is 0 Å². The van der Waals surface area contributed by atoms with E-state index in [-0.39, 0.29) is 6.71 Å². The maximum atomic E-state index is 5.14. The van der Waals surface area contributed by atoms with Gasteiger partial charge in [-0.15, -0.1) is 0 Å². The molecule has 0 radical (unpaired) electrons. The van der Waals surface area contributed by atoms with Crippen LogP contribution in [0.4, 0.5) is 17.1 Å². The Morgan fingerprint density at radius 2 is 0.839 bits per heavy atom. The Hall–Kier alpha value is -7.44. The zero-order valence-corrected chi connectivity index (χ0v) is 30.4. The second-order valence-corrected chi connectivity index (χ2v) is 14.2. The summed E-state index contributed by atoms with van der Waals surface area (Å²) in [6.45, 7) is -0.116. The number of rotatable bonds is 6. The van der Waals surface area contributed by atoms with Crippen LogP contribution in [0.3, 0.4) is 0 Å². The van der Waals surface area contributed by atoms with E-state index in [1.54, 1.807) is 0 Å². The minimum atomic E-state index is -0.116. The molecule has 4 heterocycles. The summed E-state index contributed by atoms with van der Waals surface area (Å²) in [5.41, 5.74) is 15.3. The Bertz CT molecular complexity index is 2900. The van der Waals surface area contributed by atoms with Gasteiger partial charge in [-0.1, -0.05) is 151 Å². The molecule has 0 fully saturated rings. The van der Waals surface area contributed by atoms with Crippen LogP contribution < -0.4 is 21.5 Å². The van der Waals surface area contributed by atoms with Gasteiger partial charge in [0.2, 0.25) is 0 Å². The summed E-state index contributed by atoms with van der Waals surface area (Å²) in [6.07, 6.45) is 3.71. The summed E-state index contributed by atoms with van der Waals surface area (Å²) in [7, 11) is 0. The third-order valence-corrected chi connectivity index (χ3v) is 11.0. The molecule has 0 aliphatic carbocycles. The molecule has 0 N–H and O–H groups in total. The smallest absolute Gasteiger partial charge is 0.289 e. The molecule has 3 aromatic heterocycles. The number of hydrogen-bond acceptors (Lipinski definition) is 3. The van der Waals surface area contributed by atoms with Gasteiger partial charge >= 0.3 is 0 Å². The van der Waals surface area contributed by atoms with Crippen molar-refractivity contribution >= 4 is 62.2 Å². The van der Waals surface area contributed by atoms with Gasteiger partial charge < -0.3 is 14.0 Å². The number of anilines is 3. The molecule has 0 saturated carbocycles. The zero-order chi connectivity index (χ0) is 37.0. The molecule has 0 amide bonds. The van der Waals surface area contributed by atoms with Crippen LogP contribution in [0.5, 0.6) is 0 Å². The molecule has 5 nitrogen and oxygen atoms in total. The van der Waals surface area contributed by atoms with E-state index >= 15 is 0 Å². The Labute approximate surface area is 325 Å². The fraction of sp³-hybridized carbons (Fsp3) is 0. The highest BCUT2D eigenvalue weighted by Gasteiger charge is 2.44. The summed E-state index contributed by atoms with van der Waals surface area (Å²) in [4.78, 5) is 12.3. The van der Waals surface area contributed by atoms with E-state index < -0.39 is 0 Å². The topological polar surface area (TPSA) is 38.9 Å². The van der Waals surface area contributed by atoms with Crippen LogP contribution in [0.15, 0.2) is 207 Å². The summed E-state index contributed by atoms with van der Waals surface area (Å²) >= 11 is 0. The molecule has 0 unspecified atom stereocenters. The zero-order valence-electron chi connectivity index (χ0n) is 30.4. The normalized spacial score (nSPS) is 12.2. The van der Waals surface area contributed by atoms with Crippen LogP contribution in [0.1, 0.15) is 0 Å². The molecule has 1 aliphatic heterocycles. The minimum Gasteiger partial charge on any atom is -0.319 e. The lowest BCUT2D eigenvalue weighted by atomic mass is 9.38. The second-order valence-electron chi connectivity index (χ2n) is 14.2. The monoisotopic (exact) mass is 715 g/mol. The lowest BCUT2D eigenvalue weighted by Crippen LogP contribution is -2.60. The summed E-state index contributed by atoms with van der Waals surface area (Å²) in [5.74, 6) is 0. The molecule has 262 valence electrons. The first kappa shape index (κ1) is 32.0. The van der Waals surface area contributed by atoms with Gasteiger partial charge in [-0.2, -0.15) is 0 Å². The highest BCUT2D eigenvalue weighted by Crippen LogP contribution is 2.46. The van der Waals surface area contributed by atoms with Crippen LogP contribution in [-0.4, -0.2) is 25.8 Å². The largest absolute Gasteiger partial charge is 0.319 e. The summed E-state index contributed by atoms with van der Waals surface area (Å²) in [5, 5.41) is 2.37. The van der Waals surface area contributed by atoms with E-state index in [1.165, 1.54) is 38.8 Å². The lowest BCUT2D eigenvalue weighted by molar-refractivity contribution is 1.13. The average molecular weight is 716 g/mol. The van der Waals surface area contributed by atoms with Gasteiger partial charge in [0.1, 0.15) is 0 Å². The van der Waals surface area contributed by atoms with Crippen molar-refractivity contribution in [2.75, 3.05) is 4.90 Å². The Morgan fingerprint density at radius 1 is 0.393 bits per heavy atom. The number of aromatic nitrogens is 4. The minimum absolute atomic E-state index is 0.116. The quantitative estimate of drug-likeness (QED) is 0.161. The standard InChI is InChI=1S/C50H34BN5/c1-5-18-35(19-6-1)43-33-52-34-44(53-43)36-20-17-27-40(32-36)56-47-41-28-13-15-30-45(41)54(38-23-9-3-10-24-38)49(47)51(37-21-7-2-8-22-37)50-48(56)42-29-14-16-31-46(42)55(50)39-25-11-4-12-26-39/h1-34H. The summed E-state index contributed by atoms with van der Waals surface area (Å²) in [6, 6.07) is 69.4. The predicted octanol–water partition coefficient (Wildman–Crippen LogP) is 10.00. The highest BCUT2D eigenvalue weighted by atomic mass is 15.2. The van der Waals surface area contributed by atoms with E-state index in [0.717, 1.165) is 50.6 Å². The van der Waals surface area contributed by atoms with Crippen molar-refractivity contribution in [2.45, 2.75) is 0 Å². The summed E-state index contributed by atoms with van der Waals surface area (Å²) < 4.78 is 4.98. The van der Waals surface area contributed by atoms with Gasteiger partial charge in [0.25, 0.3) is 6.71 Å². The van der Waals surface area contributed by atoms with Crippen molar-refractivity contribution < 1.29 is 0 Å². The Kier molecular flexibility index (Phi) is 7.52.